The third-order valence-corrected chi connectivity index (χ3v) is 5.34. The second-order valence-electron chi connectivity index (χ2n) is 7.39. The summed E-state index contributed by atoms with van der Waals surface area (Å²) in [6.07, 6.45) is 4.80. The minimum atomic E-state index is -0.303. The summed E-state index contributed by atoms with van der Waals surface area (Å²) in [5.74, 6) is 2.31. The van der Waals surface area contributed by atoms with Crippen molar-refractivity contribution in [3.63, 3.8) is 0 Å². The van der Waals surface area contributed by atoms with Crippen LogP contribution in [0.1, 0.15) is 22.8 Å². The molecule has 1 aromatic carbocycles. The van der Waals surface area contributed by atoms with E-state index in [0.717, 1.165) is 27.9 Å². The first-order valence-corrected chi connectivity index (χ1v) is 10.1. The SMILES string of the molecule is COc1ccc(C2COc3cc(Cn4cnc5cc(CO)cnc54)cc(OC)c3O2)cn1. The largest absolute Gasteiger partial charge is 0.493 e. The summed E-state index contributed by atoms with van der Waals surface area (Å²) in [4.78, 5) is 13.1. The van der Waals surface area contributed by atoms with E-state index in [9.17, 15) is 5.11 Å². The fourth-order valence-corrected chi connectivity index (χ4v) is 3.70. The molecule has 0 amide bonds. The Morgan fingerprint density at radius 3 is 2.72 bits per heavy atom. The zero-order chi connectivity index (χ0) is 22.1. The lowest BCUT2D eigenvalue weighted by molar-refractivity contribution is 0.0867. The van der Waals surface area contributed by atoms with Crippen LogP contribution < -0.4 is 18.9 Å². The number of ether oxygens (including phenoxy) is 4. The molecule has 4 aromatic rings. The maximum Gasteiger partial charge on any atom is 0.212 e. The Hall–Kier alpha value is -3.85. The topological polar surface area (TPSA) is 101 Å². The van der Waals surface area contributed by atoms with Gasteiger partial charge in [-0.2, -0.15) is 0 Å². The maximum atomic E-state index is 9.30. The van der Waals surface area contributed by atoms with Crippen LogP contribution in [0.25, 0.3) is 11.2 Å². The van der Waals surface area contributed by atoms with Crippen molar-refractivity contribution in [2.45, 2.75) is 19.3 Å². The number of benzene rings is 1. The molecule has 0 fully saturated rings. The van der Waals surface area contributed by atoms with Gasteiger partial charge in [-0.3, -0.25) is 0 Å². The fraction of sp³-hybridized carbons (Fsp3) is 0.261. The van der Waals surface area contributed by atoms with Crippen LogP contribution in [0.3, 0.4) is 0 Å². The molecule has 0 saturated carbocycles. The van der Waals surface area contributed by atoms with Crippen LogP contribution in [-0.2, 0) is 13.2 Å². The van der Waals surface area contributed by atoms with Gasteiger partial charge in [0.25, 0.3) is 0 Å². The van der Waals surface area contributed by atoms with Gasteiger partial charge in [-0.05, 0) is 35.4 Å². The van der Waals surface area contributed by atoms with Gasteiger partial charge in [-0.1, -0.05) is 0 Å². The van der Waals surface area contributed by atoms with Gasteiger partial charge in [0, 0.05) is 24.0 Å². The van der Waals surface area contributed by atoms with Crippen LogP contribution >= 0.6 is 0 Å². The standard InChI is InChI=1S/C23H22N4O5/c1-29-18-6-14(10-27-13-26-17-5-15(11-28)8-25-23(17)27)7-19-22(18)32-20(12-31-19)16-3-4-21(30-2)24-9-16/h3-9,13,20,28H,10-12H2,1-2H3. The highest BCUT2D eigenvalue weighted by molar-refractivity contribution is 5.71. The molecule has 9 heteroatoms. The van der Waals surface area contributed by atoms with Crippen LogP contribution in [0.2, 0.25) is 0 Å². The Bertz CT molecular complexity index is 1240. The van der Waals surface area contributed by atoms with Gasteiger partial charge in [0.2, 0.25) is 11.6 Å². The lowest BCUT2D eigenvalue weighted by Gasteiger charge is -2.28. The van der Waals surface area contributed by atoms with Gasteiger partial charge < -0.3 is 28.6 Å². The summed E-state index contributed by atoms with van der Waals surface area (Å²) in [7, 11) is 3.18. The van der Waals surface area contributed by atoms with Gasteiger partial charge in [0.15, 0.2) is 23.3 Å². The molecule has 0 bridgehead atoms. The first-order chi connectivity index (χ1) is 15.7. The first kappa shape index (κ1) is 20.1. The fourth-order valence-electron chi connectivity index (χ4n) is 3.70. The van der Waals surface area contributed by atoms with E-state index in [4.69, 9.17) is 18.9 Å². The van der Waals surface area contributed by atoms with Crippen molar-refractivity contribution in [2.75, 3.05) is 20.8 Å². The first-order valence-electron chi connectivity index (χ1n) is 10.1. The van der Waals surface area contributed by atoms with Gasteiger partial charge in [0.1, 0.15) is 12.1 Å². The summed E-state index contributed by atoms with van der Waals surface area (Å²) in [5.41, 5.74) is 4.05. The van der Waals surface area contributed by atoms with E-state index < -0.39 is 0 Å². The van der Waals surface area contributed by atoms with Crippen molar-refractivity contribution < 1.29 is 24.1 Å². The normalized spacial score (nSPS) is 15.0. The van der Waals surface area contributed by atoms with Gasteiger partial charge in [0.05, 0.1) is 33.7 Å². The quantitative estimate of drug-likeness (QED) is 0.494. The number of imidazole rings is 1. The van der Waals surface area contributed by atoms with Crippen molar-refractivity contribution in [3.05, 3.63) is 65.7 Å². The van der Waals surface area contributed by atoms with Crippen LogP contribution in [-0.4, -0.2) is 45.5 Å². The second kappa shape index (κ2) is 8.35. The van der Waals surface area contributed by atoms with Crippen LogP contribution in [0.5, 0.6) is 23.1 Å². The summed E-state index contributed by atoms with van der Waals surface area (Å²) >= 11 is 0. The number of pyridine rings is 2. The number of hydrogen-bond acceptors (Lipinski definition) is 8. The molecule has 9 nitrogen and oxygen atoms in total. The maximum absolute atomic E-state index is 9.30. The molecule has 1 N–H and O–H groups in total. The molecular weight excluding hydrogens is 412 g/mol. The van der Waals surface area contributed by atoms with Crippen molar-refractivity contribution >= 4 is 11.2 Å². The number of aromatic nitrogens is 4. The highest BCUT2D eigenvalue weighted by Crippen LogP contribution is 2.44. The number of rotatable bonds is 6. The van der Waals surface area contributed by atoms with Crippen molar-refractivity contribution in [3.8, 4) is 23.1 Å². The number of hydrogen-bond donors (Lipinski definition) is 1. The zero-order valence-electron chi connectivity index (χ0n) is 17.7. The van der Waals surface area contributed by atoms with E-state index in [1.807, 2.05) is 28.8 Å². The molecule has 1 atom stereocenters. The van der Waals surface area contributed by atoms with E-state index in [1.54, 1.807) is 39.0 Å². The van der Waals surface area contributed by atoms with Crippen LogP contribution in [0, 0.1) is 0 Å². The molecule has 164 valence electrons. The Morgan fingerprint density at radius 2 is 1.97 bits per heavy atom. The second-order valence-corrected chi connectivity index (χ2v) is 7.39. The molecule has 1 aliphatic rings. The summed E-state index contributed by atoms with van der Waals surface area (Å²) < 4.78 is 24.9. The smallest absolute Gasteiger partial charge is 0.212 e. The number of aliphatic hydroxyl groups excluding tert-OH is 1. The minimum absolute atomic E-state index is 0.0667. The number of aliphatic hydroxyl groups is 1. The molecule has 4 heterocycles. The Morgan fingerprint density at radius 1 is 1.06 bits per heavy atom. The van der Waals surface area contributed by atoms with Crippen molar-refractivity contribution in [2.24, 2.45) is 0 Å². The lowest BCUT2D eigenvalue weighted by atomic mass is 10.1. The summed E-state index contributed by atoms with van der Waals surface area (Å²) in [5, 5.41) is 9.30. The third kappa shape index (κ3) is 3.67. The molecule has 5 rings (SSSR count). The molecule has 32 heavy (non-hydrogen) atoms. The number of fused-ring (bicyclic) bond motifs is 2. The average molecular weight is 434 g/mol. The Labute approximate surface area is 184 Å². The molecule has 0 spiro atoms. The van der Waals surface area contributed by atoms with Crippen LogP contribution in [0.4, 0.5) is 0 Å². The van der Waals surface area contributed by atoms with E-state index >= 15 is 0 Å². The average Bonchev–Trinajstić information content (AvgIpc) is 3.25. The molecule has 0 saturated heterocycles. The van der Waals surface area contributed by atoms with E-state index in [2.05, 4.69) is 15.0 Å². The monoisotopic (exact) mass is 434 g/mol. The van der Waals surface area contributed by atoms with E-state index in [0.29, 0.717) is 36.3 Å². The highest BCUT2D eigenvalue weighted by Gasteiger charge is 2.27. The van der Waals surface area contributed by atoms with E-state index in [1.165, 1.54) is 0 Å². The van der Waals surface area contributed by atoms with Crippen LogP contribution in [0.15, 0.2) is 49.1 Å². The molecule has 1 aliphatic heterocycles. The Balaban J connectivity index is 1.41. The highest BCUT2D eigenvalue weighted by atomic mass is 16.6. The van der Waals surface area contributed by atoms with E-state index in [-0.39, 0.29) is 12.7 Å². The summed E-state index contributed by atoms with van der Waals surface area (Å²) in [6, 6.07) is 9.39. The van der Waals surface area contributed by atoms with Gasteiger partial charge in [-0.15, -0.1) is 0 Å². The third-order valence-electron chi connectivity index (χ3n) is 5.34. The van der Waals surface area contributed by atoms with Crippen molar-refractivity contribution in [1.29, 1.82) is 0 Å². The molecule has 3 aromatic heterocycles. The predicted molar refractivity (Wildman–Crippen MR) is 115 cm³/mol. The molecule has 0 radical (unpaired) electrons. The predicted octanol–water partition coefficient (Wildman–Crippen LogP) is 2.90. The number of methoxy groups -OCH3 is 2. The molecular formula is C23H22N4O5. The van der Waals surface area contributed by atoms with Gasteiger partial charge in [-0.25, -0.2) is 15.0 Å². The molecule has 0 aliphatic carbocycles. The molecule has 1 unspecified atom stereocenters. The zero-order valence-corrected chi connectivity index (χ0v) is 17.7. The van der Waals surface area contributed by atoms with Gasteiger partial charge >= 0.3 is 0 Å². The number of nitrogens with zero attached hydrogens (tertiary/aromatic N) is 4. The Kier molecular flexibility index (Phi) is 5.24. The lowest BCUT2D eigenvalue weighted by Crippen LogP contribution is -2.22. The minimum Gasteiger partial charge on any atom is -0.493 e. The van der Waals surface area contributed by atoms with Crippen molar-refractivity contribution in [1.82, 2.24) is 19.5 Å². The summed E-state index contributed by atoms with van der Waals surface area (Å²) in [6.45, 7) is 0.816.